The van der Waals surface area contributed by atoms with E-state index in [0.29, 0.717) is 5.56 Å². The molecular weight excluding hydrogens is 389 g/mol. The van der Waals surface area contributed by atoms with Crippen LogP contribution >= 0.6 is 11.3 Å². The Hall–Kier alpha value is -3.04. The lowest BCUT2D eigenvalue weighted by Crippen LogP contribution is -2.05. The van der Waals surface area contributed by atoms with Crippen LogP contribution in [0.3, 0.4) is 0 Å². The van der Waals surface area contributed by atoms with E-state index in [-0.39, 0.29) is 5.82 Å². The fraction of sp³-hybridized carbons (Fsp3) is 0.148. The molecule has 0 saturated carbocycles. The van der Waals surface area contributed by atoms with E-state index in [0.717, 1.165) is 39.7 Å². The molecular formula is C27H20FNS. The summed E-state index contributed by atoms with van der Waals surface area (Å²) in [6.07, 6.45) is 6.70. The Kier molecular flexibility index (Phi) is 4.17. The highest BCUT2D eigenvalue weighted by Crippen LogP contribution is 2.40. The largest absolute Gasteiger partial charge is 0.256 e. The first-order chi connectivity index (χ1) is 14.8. The first-order valence-corrected chi connectivity index (χ1v) is 11.3. The van der Waals surface area contributed by atoms with Crippen LogP contribution in [0.4, 0.5) is 4.39 Å². The van der Waals surface area contributed by atoms with E-state index in [1.807, 2.05) is 42.6 Å². The number of aryl methyl sites for hydroxylation is 1. The van der Waals surface area contributed by atoms with Crippen molar-refractivity contribution in [2.45, 2.75) is 25.7 Å². The van der Waals surface area contributed by atoms with Gasteiger partial charge in [0.05, 0.1) is 5.69 Å². The van der Waals surface area contributed by atoms with Gasteiger partial charge in [-0.3, -0.25) is 4.98 Å². The number of benzene rings is 3. The maximum atomic E-state index is 14.9. The second kappa shape index (κ2) is 7.03. The van der Waals surface area contributed by atoms with E-state index >= 15 is 0 Å². The van der Waals surface area contributed by atoms with E-state index in [2.05, 4.69) is 24.3 Å². The number of rotatable bonds is 2. The summed E-state index contributed by atoms with van der Waals surface area (Å²) in [7, 11) is 0. The summed E-state index contributed by atoms with van der Waals surface area (Å²) in [5.74, 6) is -0.167. The van der Waals surface area contributed by atoms with Crippen LogP contribution in [-0.2, 0) is 12.8 Å². The predicted molar refractivity (Wildman–Crippen MR) is 125 cm³/mol. The summed E-state index contributed by atoms with van der Waals surface area (Å²) in [5.41, 5.74) is 6.69. The van der Waals surface area contributed by atoms with E-state index in [1.54, 1.807) is 17.4 Å². The van der Waals surface area contributed by atoms with Gasteiger partial charge in [-0.2, -0.15) is 0 Å². The smallest absolute Gasteiger partial charge is 0.132 e. The second-order valence-electron chi connectivity index (χ2n) is 8.01. The molecule has 0 aliphatic heterocycles. The molecule has 1 nitrogen and oxygen atoms in total. The first-order valence-electron chi connectivity index (χ1n) is 10.5. The van der Waals surface area contributed by atoms with Crippen LogP contribution in [0.1, 0.15) is 24.0 Å². The number of fused-ring (bicyclic) bond motifs is 4. The highest BCUT2D eigenvalue weighted by molar-refractivity contribution is 7.25. The summed E-state index contributed by atoms with van der Waals surface area (Å²) in [4.78, 5) is 4.74. The highest BCUT2D eigenvalue weighted by Gasteiger charge is 2.17. The average molecular weight is 410 g/mol. The molecule has 5 aromatic rings. The van der Waals surface area contributed by atoms with Crippen LogP contribution in [0.15, 0.2) is 72.9 Å². The third-order valence-corrected chi connectivity index (χ3v) is 7.31. The third kappa shape index (κ3) is 2.85. The van der Waals surface area contributed by atoms with Crippen molar-refractivity contribution in [2.24, 2.45) is 0 Å². The molecule has 2 aromatic heterocycles. The fourth-order valence-electron chi connectivity index (χ4n) is 4.70. The van der Waals surface area contributed by atoms with Crippen molar-refractivity contribution in [1.82, 2.24) is 4.98 Å². The molecule has 3 aromatic carbocycles. The Morgan fingerprint density at radius 1 is 0.767 bits per heavy atom. The summed E-state index contributed by atoms with van der Waals surface area (Å²) in [6, 6.07) is 22.2. The Morgan fingerprint density at radius 3 is 2.50 bits per heavy atom. The summed E-state index contributed by atoms with van der Waals surface area (Å²) in [5, 5.41) is 2.30. The molecule has 2 heterocycles. The lowest BCUT2D eigenvalue weighted by Gasteiger charge is -2.18. The van der Waals surface area contributed by atoms with E-state index in [9.17, 15) is 4.39 Å². The molecule has 30 heavy (non-hydrogen) atoms. The molecule has 0 atom stereocenters. The standard InChI is InChI=1S/C27H20FNS/c28-24-16-26-23(15-22(24)17-6-2-1-3-7-17)21-11-10-19(14-25(21)30-26)27-20-9-5-4-8-18(20)12-13-29-27/h1-3,6-7,10-16H,4-5,8-9H2. The van der Waals surface area contributed by atoms with Gasteiger partial charge in [-0.25, -0.2) is 4.39 Å². The van der Waals surface area contributed by atoms with Crippen molar-refractivity contribution >= 4 is 31.5 Å². The number of pyridine rings is 1. The molecule has 146 valence electrons. The van der Waals surface area contributed by atoms with Gasteiger partial charge in [0.1, 0.15) is 5.82 Å². The quantitative estimate of drug-likeness (QED) is 0.290. The monoisotopic (exact) mass is 409 g/mol. The van der Waals surface area contributed by atoms with Gasteiger partial charge < -0.3 is 0 Å². The zero-order valence-corrected chi connectivity index (χ0v) is 17.3. The second-order valence-corrected chi connectivity index (χ2v) is 9.10. The third-order valence-electron chi connectivity index (χ3n) is 6.19. The van der Waals surface area contributed by atoms with Crippen molar-refractivity contribution in [3.8, 4) is 22.4 Å². The minimum Gasteiger partial charge on any atom is -0.256 e. The van der Waals surface area contributed by atoms with Gasteiger partial charge >= 0.3 is 0 Å². The summed E-state index contributed by atoms with van der Waals surface area (Å²) >= 11 is 1.66. The number of hydrogen-bond acceptors (Lipinski definition) is 2. The van der Waals surface area contributed by atoms with Crippen LogP contribution in [-0.4, -0.2) is 4.98 Å². The number of aromatic nitrogens is 1. The van der Waals surface area contributed by atoms with Gasteiger partial charge in [-0.15, -0.1) is 11.3 Å². The van der Waals surface area contributed by atoms with Crippen LogP contribution in [0.5, 0.6) is 0 Å². The van der Waals surface area contributed by atoms with Gasteiger partial charge in [0.25, 0.3) is 0 Å². The lowest BCUT2D eigenvalue weighted by atomic mass is 9.89. The maximum Gasteiger partial charge on any atom is 0.132 e. The molecule has 0 saturated heterocycles. The molecule has 0 unspecified atom stereocenters. The van der Waals surface area contributed by atoms with Gasteiger partial charge in [-0.1, -0.05) is 42.5 Å². The SMILES string of the molecule is Fc1cc2sc3cc(-c4nccc5c4CCCC5)ccc3c2cc1-c1ccccc1. The zero-order chi connectivity index (χ0) is 20.1. The van der Waals surface area contributed by atoms with E-state index < -0.39 is 0 Å². The molecule has 3 heteroatoms. The van der Waals surface area contributed by atoms with Crippen molar-refractivity contribution in [3.05, 3.63) is 89.9 Å². The topological polar surface area (TPSA) is 12.9 Å². The van der Waals surface area contributed by atoms with Crippen LogP contribution in [0.25, 0.3) is 42.6 Å². The molecule has 6 rings (SSSR count). The maximum absolute atomic E-state index is 14.9. The molecule has 0 N–H and O–H groups in total. The minimum atomic E-state index is -0.167. The van der Waals surface area contributed by atoms with Crippen molar-refractivity contribution in [2.75, 3.05) is 0 Å². The number of halogens is 1. The Labute approximate surface area is 178 Å². The lowest BCUT2D eigenvalue weighted by molar-refractivity contribution is 0.633. The summed E-state index contributed by atoms with van der Waals surface area (Å²) in [6.45, 7) is 0. The molecule has 1 aliphatic rings. The fourth-order valence-corrected chi connectivity index (χ4v) is 5.85. The van der Waals surface area contributed by atoms with Gasteiger partial charge in [-0.05, 0) is 66.6 Å². The normalized spacial score (nSPS) is 13.6. The molecule has 0 bridgehead atoms. The average Bonchev–Trinajstić information content (AvgIpc) is 3.15. The van der Waals surface area contributed by atoms with Gasteiger partial charge in [0.15, 0.2) is 0 Å². The highest BCUT2D eigenvalue weighted by atomic mass is 32.1. The van der Waals surface area contributed by atoms with Crippen LogP contribution in [0.2, 0.25) is 0 Å². The number of nitrogens with zero attached hydrogens (tertiary/aromatic N) is 1. The number of hydrogen-bond donors (Lipinski definition) is 0. The van der Waals surface area contributed by atoms with Gasteiger partial charge in [0.2, 0.25) is 0 Å². The van der Waals surface area contributed by atoms with Crippen molar-refractivity contribution in [3.63, 3.8) is 0 Å². The van der Waals surface area contributed by atoms with E-state index in [1.165, 1.54) is 34.1 Å². The van der Waals surface area contributed by atoms with Crippen LogP contribution in [0, 0.1) is 5.82 Å². The Bertz CT molecular complexity index is 1400. The predicted octanol–water partition coefficient (Wildman–Crippen LogP) is 7.80. The zero-order valence-electron chi connectivity index (χ0n) is 16.5. The Morgan fingerprint density at radius 2 is 1.60 bits per heavy atom. The number of thiophene rings is 1. The van der Waals surface area contributed by atoms with E-state index in [4.69, 9.17) is 4.98 Å². The van der Waals surface area contributed by atoms with Crippen LogP contribution < -0.4 is 0 Å². The minimum absolute atomic E-state index is 0.167. The van der Waals surface area contributed by atoms with Crippen molar-refractivity contribution < 1.29 is 4.39 Å². The summed E-state index contributed by atoms with van der Waals surface area (Å²) < 4.78 is 17.0. The molecule has 0 spiro atoms. The molecule has 0 radical (unpaired) electrons. The molecule has 0 fully saturated rings. The molecule has 1 aliphatic carbocycles. The van der Waals surface area contributed by atoms with Gasteiger partial charge in [0, 0.05) is 37.5 Å². The Balaban J connectivity index is 1.52. The first kappa shape index (κ1) is 17.8. The van der Waals surface area contributed by atoms with Crippen molar-refractivity contribution in [1.29, 1.82) is 0 Å². The molecule has 0 amide bonds.